The monoisotopic (exact) mass is 296 g/mol. The van der Waals surface area contributed by atoms with E-state index in [2.05, 4.69) is 10.5 Å². The maximum Gasteiger partial charge on any atom is 0.244 e. The van der Waals surface area contributed by atoms with E-state index in [4.69, 9.17) is 4.74 Å². The number of nitrogens with zero attached hydrogens (tertiary/aromatic N) is 1. The summed E-state index contributed by atoms with van der Waals surface area (Å²) in [6, 6.07) is 15.4. The first-order valence-electron chi connectivity index (χ1n) is 7.11. The first-order chi connectivity index (χ1) is 10.6. The van der Waals surface area contributed by atoms with Crippen molar-refractivity contribution in [2.75, 3.05) is 7.11 Å². The van der Waals surface area contributed by atoms with Crippen LogP contribution >= 0.6 is 0 Å². The van der Waals surface area contributed by atoms with E-state index in [1.165, 1.54) is 5.56 Å². The molecule has 0 fully saturated rings. The van der Waals surface area contributed by atoms with Gasteiger partial charge < -0.3 is 4.74 Å². The van der Waals surface area contributed by atoms with Crippen molar-refractivity contribution >= 4 is 11.6 Å². The molecule has 2 aromatic carbocycles. The Morgan fingerprint density at radius 2 is 1.73 bits per heavy atom. The summed E-state index contributed by atoms with van der Waals surface area (Å²) in [7, 11) is 1.63. The molecule has 114 valence electrons. The zero-order valence-electron chi connectivity index (χ0n) is 13.1. The van der Waals surface area contributed by atoms with Crippen LogP contribution in [0.1, 0.15) is 23.6 Å². The number of carbonyl (C=O) groups is 1. The molecule has 0 heterocycles. The number of methoxy groups -OCH3 is 1. The molecular formula is C18H20N2O2. The largest absolute Gasteiger partial charge is 0.497 e. The molecule has 1 amide bonds. The Hall–Kier alpha value is -2.62. The number of amides is 1. The topological polar surface area (TPSA) is 50.7 Å². The van der Waals surface area contributed by atoms with Crippen molar-refractivity contribution in [3.63, 3.8) is 0 Å². The molecule has 0 aromatic heterocycles. The SMILES string of the molecule is COc1ccc(/C(C)=N/NC(=O)Cc2ccc(C)cc2)cc1. The Labute approximate surface area is 130 Å². The van der Waals surface area contributed by atoms with Gasteiger partial charge in [-0.15, -0.1) is 0 Å². The van der Waals surface area contributed by atoms with Crippen LogP contribution in [0.4, 0.5) is 0 Å². The fourth-order valence-corrected chi connectivity index (χ4v) is 1.97. The van der Waals surface area contributed by atoms with E-state index in [1.807, 2.05) is 62.4 Å². The molecule has 0 atom stereocenters. The van der Waals surface area contributed by atoms with Crippen LogP contribution in [0, 0.1) is 6.92 Å². The highest BCUT2D eigenvalue weighted by Crippen LogP contribution is 2.11. The van der Waals surface area contributed by atoms with E-state index in [9.17, 15) is 4.79 Å². The Balaban J connectivity index is 1.94. The molecule has 2 rings (SSSR count). The van der Waals surface area contributed by atoms with Gasteiger partial charge in [0.2, 0.25) is 5.91 Å². The molecule has 0 saturated carbocycles. The molecule has 0 radical (unpaired) electrons. The second-order valence-electron chi connectivity index (χ2n) is 5.12. The summed E-state index contributed by atoms with van der Waals surface area (Å²) in [4.78, 5) is 11.9. The van der Waals surface area contributed by atoms with Crippen molar-refractivity contribution < 1.29 is 9.53 Å². The summed E-state index contributed by atoms with van der Waals surface area (Å²) >= 11 is 0. The highest BCUT2D eigenvalue weighted by Gasteiger charge is 2.03. The van der Waals surface area contributed by atoms with Gasteiger partial charge in [0, 0.05) is 0 Å². The summed E-state index contributed by atoms with van der Waals surface area (Å²) in [6.07, 6.45) is 0.319. The number of rotatable bonds is 5. The van der Waals surface area contributed by atoms with E-state index < -0.39 is 0 Å². The van der Waals surface area contributed by atoms with Gasteiger partial charge in [0.05, 0.1) is 19.2 Å². The molecule has 0 unspecified atom stereocenters. The van der Waals surface area contributed by atoms with Crippen LogP contribution in [0.5, 0.6) is 5.75 Å². The van der Waals surface area contributed by atoms with Gasteiger partial charge >= 0.3 is 0 Å². The third kappa shape index (κ3) is 4.45. The number of carbonyl (C=O) groups excluding carboxylic acids is 1. The average Bonchev–Trinajstić information content (AvgIpc) is 2.55. The Morgan fingerprint density at radius 3 is 2.32 bits per heavy atom. The summed E-state index contributed by atoms with van der Waals surface area (Å²) in [5, 5.41) is 4.14. The molecule has 22 heavy (non-hydrogen) atoms. The van der Waals surface area contributed by atoms with Gasteiger partial charge in [-0.05, 0) is 49.2 Å². The summed E-state index contributed by atoms with van der Waals surface area (Å²) in [5.74, 6) is 0.664. The quantitative estimate of drug-likeness (QED) is 0.681. The van der Waals surface area contributed by atoms with E-state index in [-0.39, 0.29) is 5.91 Å². The van der Waals surface area contributed by atoms with Crippen molar-refractivity contribution in [3.05, 3.63) is 65.2 Å². The predicted octanol–water partition coefficient (Wildman–Crippen LogP) is 3.09. The number of benzene rings is 2. The molecule has 0 spiro atoms. The van der Waals surface area contributed by atoms with Crippen LogP contribution in [0.2, 0.25) is 0 Å². The first-order valence-corrected chi connectivity index (χ1v) is 7.11. The fourth-order valence-electron chi connectivity index (χ4n) is 1.97. The fraction of sp³-hybridized carbons (Fsp3) is 0.222. The van der Waals surface area contributed by atoms with Gasteiger partial charge in [0.1, 0.15) is 5.75 Å². The normalized spacial score (nSPS) is 11.1. The number of nitrogens with one attached hydrogen (secondary N) is 1. The molecule has 4 nitrogen and oxygen atoms in total. The van der Waals surface area contributed by atoms with Gasteiger partial charge in [-0.1, -0.05) is 29.8 Å². The molecule has 0 aliphatic rings. The Kier molecular flexibility index (Phi) is 5.31. The molecule has 2 aromatic rings. The van der Waals surface area contributed by atoms with Crippen LogP contribution in [-0.4, -0.2) is 18.7 Å². The maximum atomic E-state index is 11.9. The van der Waals surface area contributed by atoms with Crippen LogP contribution in [-0.2, 0) is 11.2 Å². The second-order valence-corrected chi connectivity index (χ2v) is 5.12. The first kappa shape index (κ1) is 15.8. The van der Waals surface area contributed by atoms with Crippen molar-refractivity contribution in [1.29, 1.82) is 0 Å². The molecular weight excluding hydrogens is 276 g/mol. The van der Waals surface area contributed by atoms with Gasteiger partial charge in [0.15, 0.2) is 0 Å². The molecule has 0 aliphatic heterocycles. The van der Waals surface area contributed by atoms with E-state index in [0.717, 1.165) is 22.6 Å². The lowest BCUT2D eigenvalue weighted by molar-refractivity contribution is -0.120. The van der Waals surface area contributed by atoms with Crippen LogP contribution in [0.3, 0.4) is 0 Å². The lowest BCUT2D eigenvalue weighted by atomic mass is 10.1. The van der Waals surface area contributed by atoms with E-state index >= 15 is 0 Å². The summed E-state index contributed by atoms with van der Waals surface area (Å²) in [5.41, 5.74) is 6.43. The maximum absolute atomic E-state index is 11.9. The molecule has 1 N–H and O–H groups in total. The van der Waals surface area contributed by atoms with Gasteiger partial charge in [-0.25, -0.2) is 5.43 Å². The summed E-state index contributed by atoms with van der Waals surface area (Å²) in [6.45, 7) is 3.88. The highest BCUT2D eigenvalue weighted by molar-refractivity contribution is 5.99. The smallest absolute Gasteiger partial charge is 0.244 e. The zero-order chi connectivity index (χ0) is 15.9. The average molecular weight is 296 g/mol. The molecule has 0 saturated heterocycles. The van der Waals surface area contributed by atoms with E-state index in [0.29, 0.717) is 6.42 Å². The summed E-state index contributed by atoms with van der Waals surface area (Å²) < 4.78 is 5.11. The lowest BCUT2D eigenvalue weighted by Crippen LogP contribution is -2.21. The number of ether oxygens (including phenoxy) is 1. The van der Waals surface area contributed by atoms with Crippen LogP contribution < -0.4 is 10.2 Å². The lowest BCUT2D eigenvalue weighted by Gasteiger charge is -2.05. The van der Waals surface area contributed by atoms with Crippen LogP contribution in [0.15, 0.2) is 53.6 Å². The molecule has 0 aliphatic carbocycles. The Morgan fingerprint density at radius 1 is 1.09 bits per heavy atom. The molecule has 0 bridgehead atoms. The third-order valence-electron chi connectivity index (χ3n) is 3.34. The third-order valence-corrected chi connectivity index (χ3v) is 3.34. The number of hydrogen-bond donors (Lipinski definition) is 1. The van der Waals surface area contributed by atoms with Crippen molar-refractivity contribution in [2.45, 2.75) is 20.3 Å². The van der Waals surface area contributed by atoms with Gasteiger partial charge in [-0.3, -0.25) is 4.79 Å². The Bertz CT molecular complexity index is 658. The minimum Gasteiger partial charge on any atom is -0.497 e. The highest BCUT2D eigenvalue weighted by atomic mass is 16.5. The van der Waals surface area contributed by atoms with Crippen molar-refractivity contribution in [2.24, 2.45) is 5.10 Å². The molecule has 4 heteroatoms. The minimum atomic E-state index is -0.128. The van der Waals surface area contributed by atoms with Gasteiger partial charge in [0.25, 0.3) is 0 Å². The standard InChI is InChI=1S/C18H20N2O2/c1-13-4-6-15(7-5-13)12-18(21)20-19-14(2)16-8-10-17(22-3)11-9-16/h4-11H,12H2,1-3H3,(H,20,21)/b19-14+. The minimum absolute atomic E-state index is 0.128. The van der Waals surface area contributed by atoms with E-state index in [1.54, 1.807) is 7.11 Å². The van der Waals surface area contributed by atoms with Crippen LogP contribution in [0.25, 0.3) is 0 Å². The predicted molar refractivity (Wildman–Crippen MR) is 88.2 cm³/mol. The van der Waals surface area contributed by atoms with Crippen molar-refractivity contribution in [1.82, 2.24) is 5.43 Å². The number of aryl methyl sites for hydroxylation is 1. The zero-order valence-corrected chi connectivity index (χ0v) is 13.1. The number of hydrogen-bond acceptors (Lipinski definition) is 3. The van der Waals surface area contributed by atoms with Crippen molar-refractivity contribution in [3.8, 4) is 5.75 Å². The number of hydrazone groups is 1. The second kappa shape index (κ2) is 7.41. The van der Waals surface area contributed by atoms with Gasteiger partial charge in [-0.2, -0.15) is 5.10 Å².